The zero-order chi connectivity index (χ0) is 15.9. The molecule has 0 saturated heterocycles. The van der Waals surface area contributed by atoms with Crippen LogP contribution in [0.2, 0.25) is 0 Å². The van der Waals surface area contributed by atoms with Crippen molar-refractivity contribution in [3.63, 3.8) is 0 Å². The smallest absolute Gasteiger partial charge is 0.335 e. The first-order valence-electron chi connectivity index (χ1n) is 6.68. The molecule has 0 heterocycles. The molecule has 0 amide bonds. The fraction of sp³-hybridized carbons (Fsp3) is 0.500. The molecule has 0 unspecified atom stereocenters. The van der Waals surface area contributed by atoms with Crippen molar-refractivity contribution in [1.82, 2.24) is 4.90 Å². The monoisotopic (exact) mass is 315 g/mol. The molecule has 21 heavy (non-hydrogen) atoms. The average molecular weight is 315 g/mol. The SMILES string of the molecule is CCN(CCOC)CCS(=O)(=O)c1ccc(C(=O)O)cc1. The molecule has 1 N–H and O–H groups in total. The second kappa shape index (κ2) is 8.11. The number of hydrogen-bond acceptors (Lipinski definition) is 5. The van der Waals surface area contributed by atoms with Crippen LogP contribution in [0.5, 0.6) is 0 Å². The Hall–Kier alpha value is -1.44. The zero-order valence-corrected chi connectivity index (χ0v) is 13.1. The highest BCUT2D eigenvalue weighted by molar-refractivity contribution is 7.91. The predicted octanol–water partition coefficient (Wildman–Crippen LogP) is 1.13. The maximum Gasteiger partial charge on any atom is 0.335 e. The summed E-state index contributed by atoms with van der Waals surface area (Å²) in [6, 6.07) is 5.28. The van der Waals surface area contributed by atoms with Crippen LogP contribution >= 0.6 is 0 Å². The van der Waals surface area contributed by atoms with Crippen LogP contribution in [0.15, 0.2) is 29.2 Å². The van der Waals surface area contributed by atoms with E-state index in [9.17, 15) is 13.2 Å². The summed E-state index contributed by atoms with van der Waals surface area (Å²) < 4.78 is 29.4. The number of methoxy groups -OCH3 is 1. The molecule has 0 saturated carbocycles. The number of sulfone groups is 1. The minimum atomic E-state index is -3.41. The third kappa shape index (κ3) is 5.45. The molecule has 0 aliphatic heterocycles. The first-order chi connectivity index (χ1) is 9.90. The average Bonchev–Trinajstić information content (AvgIpc) is 2.47. The van der Waals surface area contributed by atoms with Crippen molar-refractivity contribution >= 4 is 15.8 Å². The second-order valence-corrected chi connectivity index (χ2v) is 6.68. The predicted molar refractivity (Wildman–Crippen MR) is 79.4 cm³/mol. The Bertz CT molecular complexity index is 553. The Kier molecular flexibility index (Phi) is 6.80. The first-order valence-corrected chi connectivity index (χ1v) is 8.33. The number of likely N-dealkylation sites (N-methyl/N-ethyl adjacent to an activating group) is 1. The van der Waals surface area contributed by atoms with Gasteiger partial charge in [0.2, 0.25) is 0 Å². The topological polar surface area (TPSA) is 83.9 Å². The van der Waals surface area contributed by atoms with Gasteiger partial charge in [-0.1, -0.05) is 6.92 Å². The quantitative estimate of drug-likeness (QED) is 0.735. The van der Waals surface area contributed by atoms with E-state index in [1.807, 2.05) is 11.8 Å². The lowest BCUT2D eigenvalue weighted by atomic mass is 10.2. The number of carboxylic acid groups (broad SMARTS) is 1. The van der Waals surface area contributed by atoms with Crippen molar-refractivity contribution in [3.8, 4) is 0 Å². The molecule has 118 valence electrons. The van der Waals surface area contributed by atoms with E-state index in [1.165, 1.54) is 24.3 Å². The molecule has 1 aromatic rings. The van der Waals surface area contributed by atoms with Gasteiger partial charge < -0.3 is 14.7 Å². The highest BCUT2D eigenvalue weighted by atomic mass is 32.2. The number of nitrogens with zero attached hydrogens (tertiary/aromatic N) is 1. The van der Waals surface area contributed by atoms with E-state index < -0.39 is 15.8 Å². The van der Waals surface area contributed by atoms with Crippen LogP contribution in [0.4, 0.5) is 0 Å². The van der Waals surface area contributed by atoms with Crippen molar-refractivity contribution in [1.29, 1.82) is 0 Å². The van der Waals surface area contributed by atoms with Crippen molar-refractivity contribution in [2.24, 2.45) is 0 Å². The number of carboxylic acids is 1. The standard InChI is InChI=1S/C14H21NO5S/c1-3-15(8-10-20-2)9-11-21(18,19)13-6-4-12(5-7-13)14(16)17/h4-7H,3,8-11H2,1-2H3,(H,16,17). The molecule has 0 radical (unpaired) electrons. The molecule has 0 aliphatic rings. The summed E-state index contributed by atoms with van der Waals surface area (Å²) in [7, 11) is -1.80. The van der Waals surface area contributed by atoms with Crippen molar-refractivity contribution in [2.75, 3.05) is 39.1 Å². The van der Waals surface area contributed by atoms with E-state index in [0.717, 1.165) is 6.54 Å². The Morgan fingerprint density at radius 1 is 1.24 bits per heavy atom. The second-order valence-electron chi connectivity index (χ2n) is 4.58. The number of benzene rings is 1. The number of ether oxygens (including phenoxy) is 1. The van der Waals surface area contributed by atoms with E-state index in [0.29, 0.717) is 19.7 Å². The van der Waals surface area contributed by atoms with Crippen LogP contribution in [-0.2, 0) is 14.6 Å². The molecule has 1 aromatic carbocycles. The Labute approximate surface area is 125 Å². The van der Waals surface area contributed by atoms with Crippen LogP contribution in [0, 0.1) is 0 Å². The molecule has 7 heteroatoms. The van der Waals surface area contributed by atoms with E-state index >= 15 is 0 Å². The molecule has 1 rings (SSSR count). The molecule has 0 atom stereocenters. The minimum Gasteiger partial charge on any atom is -0.478 e. The lowest BCUT2D eigenvalue weighted by Crippen LogP contribution is -2.32. The summed E-state index contributed by atoms with van der Waals surface area (Å²) in [5.74, 6) is -1.08. The van der Waals surface area contributed by atoms with Gasteiger partial charge in [-0.05, 0) is 30.8 Å². The lowest BCUT2D eigenvalue weighted by molar-refractivity contribution is 0.0696. The summed E-state index contributed by atoms with van der Waals surface area (Å²) in [5, 5.41) is 8.80. The Morgan fingerprint density at radius 2 is 1.86 bits per heavy atom. The van der Waals surface area contributed by atoms with Gasteiger partial charge in [0.05, 0.1) is 22.8 Å². The molecule has 0 spiro atoms. The molecule has 0 aliphatic carbocycles. The van der Waals surface area contributed by atoms with Crippen LogP contribution in [0.3, 0.4) is 0 Å². The fourth-order valence-electron chi connectivity index (χ4n) is 1.82. The minimum absolute atomic E-state index is 0.00300. The highest BCUT2D eigenvalue weighted by Gasteiger charge is 2.16. The number of hydrogen-bond donors (Lipinski definition) is 1. The Balaban J connectivity index is 2.70. The molecular weight excluding hydrogens is 294 g/mol. The largest absolute Gasteiger partial charge is 0.478 e. The molecular formula is C14H21NO5S. The first kappa shape index (κ1) is 17.6. The third-order valence-corrected chi connectivity index (χ3v) is 4.91. The van der Waals surface area contributed by atoms with E-state index in [2.05, 4.69) is 0 Å². The van der Waals surface area contributed by atoms with Crippen LogP contribution < -0.4 is 0 Å². The molecule has 0 aromatic heterocycles. The number of carbonyl (C=O) groups is 1. The zero-order valence-electron chi connectivity index (χ0n) is 12.3. The molecule has 6 nitrogen and oxygen atoms in total. The van der Waals surface area contributed by atoms with Gasteiger partial charge in [0.15, 0.2) is 9.84 Å². The van der Waals surface area contributed by atoms with Gasteiger partial charge in [0.1, 0.15) is 0 Å². The molecule has 0 fully saturated rings. The van der Waals surface area contributed by atoms with Crippen molar-refractivity contribution < 1.29 is 23.1 Å². The maximum atomic E-state index is 12.2. The third-order valence-electron chi connectivity index (χ3n) is 3.20. The highest BCUT2D eigenvalue weighted by Crippen LogP contribution is 2.13. The fourth-order valence-corrected chi connectivity index (χ4v) is 3.11. The number of aromatic carboxylic acids is 1. The van der Waals surface area contributed by atoms with Gasteiger partial charge in [-0.2, -0.15) is 0 Å². The van der Waals surface area contributed by atoms with E-state index in [4.69, 9.17) is 9.84 Å². The summed E-state index contributed by atoms with van der Waals surface area (Å²) in [6.07, 6.45) is 0. The van der Waals surface area contributed by atoms with Crippen LogP contribution in [0.1, 0.15) is 17.3 Å². The van der Waals surface area contributed by atoms with E-state index in [1.54, 1.807) is 7.11 Å². The van der Waals surface area contributed by atoms with Gasteiger partial charge in [-0.3, -0.25) is 0 Å². The molecule has 0 bridgehead atoms. The summed E-state index contributed by atoms with van der Waals surface area (Å²) in [4.78, 5) is 12.9. The van der Waals surface area contributed by atoms with Gasteiger partial charge >= 0.3 is 5.97 Å². The maximum absolute atomic E-state index is 12.2. The van der Waals surface area contributed by atoms with Gasteiger partial charge in [0, 0.05) is 20.2 Å². The van der Waals surface area contributed by atoms with E-state index in [-0.39, 0.29) is 16.2 Å². The van der Waals surface area contributed by atoms with Gasteiger partial charge in [0.25, 0.3) is 0 Å². The van der Waals surface area contributed by atoms with Crippen molar-refractivity contribution in [3.05, 3.63) is 29.8 Å². The van der Waals surface area contributed by atoms with Crippen LogP contribution in [-0.4, -0.2) is 63.5 Å². The Morgan fingerprint density at radius 3 is 2.33 bits per heavy atom. The summed E-state index contributed by atoms with van der Waals surface area (Å²) in [6.45, 7) is 4.37. The van der Waals surface area contributed by atoms with Gasteiger partial charge in [-0.15, -0.1) is 0 Å². The summed E-state index contributed by atoms with van der Waals surface area (Å²) in [5.41, 5.74) is 0.0734. The van der Waals surface area contributed by atoms with Crippen molar-refractivity contribution in [2.45, 2.75) is 11.8 Å². The summed E-state index contributed by atoms with van der Waals surface area (Å²) >= 11 is 0. The normalized spacial score (nSPS) is 11.8. The number of rotatable bonds is 9. The lowest BCUT2D eigenvalue weighted by Gasteiger charge is -2.19. The van der Waals surface area contributed by atoms with Gasteiger partial charge in [-0.25, -0.2) is 13.2 Å². The van der Waals surface area contributed by atoms with Crippen LogP contribution in [0.25, 0.3) is 0 Å².